The first-order valence-corrected chi connectivity index (χ1v) is 7.52. The predicted molar refractivity (Wildman–Crippen MR) is 74.4 cm³/mol. The van der Waals surface area contributed by atoms with Crippen LogP contribution in [0.3, 0.4) is 0 Å². The summed E-state index contributed by atoms with van der Waals surface area (Å²) in [4.78, 5) is 4.94. The Balaban J connectivity index is 2.58. The molecule has 1 aliphatic rings. The minimum absolute atomic E-state index is 0.638. The van der Waals surface area contributed by atoms with Crippen LogP contribution in [0.1, 0.15) is 13.8 Å². The molecular formula is C12H27N3S. The summed E-state index contributed by atoms with van der Waals surface area (Å²) in [5, 5.41) is 4.27. The molecule has 3 nitrogen and oxygen atoms in total. The lowest BCUT2D eigenvalue weighted by molar-refractivity contribution is 0.139. The Kier molecular flexibility index (Phi) is 6.11. The zero-order valence-corrected chi connectivity index (χ0v) is 12.2. The van der Waals surface area contributed by atoms with E-state index in [9.17, 15) is 0 Å². The topological polar surface area (TPSA) is 18.5 Å². The summed E-state index contributed by atoms with van der Waals surface area (Å²) in [5.41, 5.74) is 0. The molecule has 0 amide bonds. The summed E-state index contributed by atoms with van der Waals surface area (Å²) in [5.74, 6) is 0. The van der Waals surface area contributed by atoms with E-state index in [2.05, 4.69) is 49.3 Å². The minimum atomic E-state index is 0.638. The Labute approximate surface area is 105 Å². The lowest BCUT2D eigenvalue weighted by atomic mass is 10.1. The highest BCUT2D eigenvalue weighted by Gasteiger charge is 2.32. The predicted octanol–water partition coefficient (Wildman–Crippen LogP) is 0.962. The molecule has 0 aromatic heterocycles. The molecule has 1 heterocycles. The van der Waals surface area contributed by atoms with Crippen molar-refractivity contribution < 1.29 is 0 Å². The highest BCUT2D eigenvalue weighted by Crippen LogP contribution is 2.21. The second kappa shape index (κ2) is 6.84. The SMILES string of the molecule is CCN(C(C)CN(C)C)C1CNCC1SC. The van der Waals surface area contributed by atoms with Crippen molar-refractivity contribution in [2.24, 2.45) is 0 Å². The molecular weight excluding hydrogens is 218 g/mol. The lowest BCUT2D eigenvalue weighted by Crippen LogP contribution is -2.50. The van der Waals surface area contributed by atoms with Gasteiger partial charge >= 0.3 is 0 Å². The Morgan fingerprint density at radius 1 is 1.38 bits per heavy atom. The van der Waals surface area contributed by atoms with E-state index in [0.29, 0.717) is 12.1 Å². The fourth-order valence-electron chi connectivity index (χ4n) is 2.72. The van der Waals surface area contributed by atoms with Gasteiger partial charge in [-0.1, -0.05) is 6.92 Å². The van der Waals surface area contributed by atoms with Gasteiger partial charge in [0.15, 0.2) is 0 Å². The van der Waals surface area contributed by atoms with Crippen molar-refractivity contribution in [3.05, 3.63) is 0 Å². The molecule has 1 rings (SSSR count). The fraction of sp³-hybridized carbons (Fsp3) is 1.00. The van der Waals surface area contributed by atoms with Gasteiger partial charge in [-0.05, 0) is 33.8 Å². The van der Waals surface area contributed by atoms with Gasteiger partial charge in [0.1, 0.15) is 0 Å². The first kappa shape index (κ1) is 14.3. The molecule has 96 valence electrons. The van der Waals surface area contributed by atoms with Gasteiger partial charge in [-0.25, -0.2) is 0 Å². The molecule has 0 bridgehead atoms. The maximum Gasteiger partial charge on any atom is 0.0354 e. The monoisotopic (exact) mass is 245 g/mol. The van der Waals surface area contributed by atoms with Crippen LogP contribution < -0.4 is 5.32 Å². The molecule has 0 radical (unpaired) electrons. The summed E-state index contributed by atoms with van der Waals surface area (Å²) >= 11 is 2.00. The third kappa shape index (κ3) is 3.62. The second-order valence-corrected chi connectivity index (χ2v) is 6.02. The Bertz CT molecular complexity index is 199. The summed E-state index contributed by atoms with van der Waals surface area (Å²) in [6.07, 6.45) is 2.23. The summed E-state index contributed by atoms with van der Waals surface area (Å²) in [6.45, 7) is 9.24. The van der Waals surface area contributed by atoms with Crippen LogP contribution in [0, 0.1) is 0 Å². The largest absolute Gasteiger partial charge is 0.314 e. The lowest BCUT2D eigenvalue weighted by Gasteiger charge is -2.37. The zero-order valence-electron chi connectivity index (χ0n) is 11.4. The fourth-order valence-corrected chi connectivity index (χ4v) is 3.57. The van der Waals surface area contributed by atoms with Gasteiger partial charge in [0.25, 0.3) is 0 Å². The van der Waals surface area contributed by atoms with E-state index >= 15 is 0 Å². The normalized spacial score (nSPS) is 27.9. The quantitative estimate of drug-likeness (QED) is 0.751. The van der Waals surface area contributed by atoms with E-state index in [1.165, 1.54) is 0 Å². The number of hydrogen-bond donors (Lipinski definition) is 1. The summed E-state index contributed by atoms with van der Waals surface area (Å²) in [6, 6.07) is 1.34. The molecule has 0 aromatic rings. The number of thioether (sulfide) groups is 1. The number of hydrogen-bond acceptors (Lipinski definition) is 4. The van der Waals surface area contributed by atoms with E-state index in [0.717, 1.165) is 31.4 Å². The van der Waals surface area contributed by atoms with Crippen molar-refractivity contribution in [1.82, 2.24) is 15.1 Å². The first-order chi connectivity index (χ1) is 7.60. The van der Waals surface area contributed by atoms with Crippen molar-refractivity contribution in [3.8, 4) is 0 Å². The number of nitrogens with one attached hydrogen (secondary N) is 1. The molecule has 0 aliphatic carbocycles. The van der Waals surface area contributed by atoms with Gasteiger partial charge in [0.2, 0.25) is 0 Å². The molecule has 1 N–H and O–H groups in total. The maximum atomic E-state index is 3.52. The Morgan fingerprint density at radius 3 is 2.56 bits per heavy atom. The molecule has 16 heavy (non-hydrogen) atoms. The van der Waals surface area contributed by atoms with Gasteiger partial charge in [0, 0.05) is 37.0 Å². The van der Waals surface area contributed by atoms with Crippen molar-refractivity contribution >= 4 is 11.8 Å². The molecule has 0 saturated carbocycles. The van der Waals surface area contributed by atoms with E-state index in [1.807, 2.05) is 11.8 Å². The van der Waals surface area contributed by atoms with Gasteiger partial charge in [-0.2, -0.15) is 11.8 Å². The smallest absolute Gasteiger partial charge is 0.0354 e. The third-order valence-corrected chi connectivity index (χ3v) is 4.50. The van der Waals surface area contributed by atoms with Crippen LogP contribution in [0.15, 0.2) is 0 Å². The Morgan fingerprint density at radius 2 is 2.06 bits per heavy atom. The van der Waals surface area contributed by atoms with Crippen LogP contribution in [0.4, 0.5) is 0 Å². The molecule has 0 spiro atoms. The van der Waals surface area contributed by atoms with Crippen LogP contribution in [0.5, 0.6) is 0 Å². The average molecular weight is 245 g/mol. The van der Waals surface area contributed by atoms with E-state index in [-0.39, 0.29) is 0 Å². The molecule has 1 aliphatic heterocycles. The highest BCUT2D eigenvalue weighted by atomic mass is 32.2. The van der Waals surface area contributed by atoms with Crippen LogP contribution in [0.2, 0.25) is 0 Å². The van der Waals surface area contributed by atoms with Gasteiger partial charge in [-0.3, -0.25) is 4.90 Å². The van der Waals surface area contributed by atoms with Crippen molar-refractivity contribution in [2.75, 3.05) is 46.5 Å². The van der Waals surface area contributed by atoms with Crippen molar-refractivity contribution in [2.45, 2.75) is 31.2 Å². The second-order valence-electron chi connectivity index (χ2n) is 4.94. The van der Waals surface area contributed by atoms with Crippen LogP contribution in [-0.2, 0) is 0 Å². The highest BCUT2D eigenvalue weighted by molar-refractivity contribution is 7.99. The molecule has 3 atom stereocenters. The minimum Gasteiger partial charge on any atom is -0.314 e. The zero-order chi connectivity index (χ0) is 12.1. The van der Waals surface area contributed by atoms with Crippen molar-refractivity contribution in [3.63, 3.8) is 0 Å². The summed E-state index contributed by atoms with van der Waals surface area (Å²) in [7, 11) is 4.31. The molecule has 0 aromatic carbocycles. The van der Waals surface area contributed by atoms with E-state index in [1.54, 1.807) is 0 Å². The number of rotatable bonds is 6. The van der Waals surface area contributed by atoms with Crippen LogP contribution >= 0.6 is 11.8 Å². The number of nitrogens with zero attached hydrogens (tertiary/aromatic N) is 2. The standard InChI is InChI=1S/C12H27N3S/c1-6-15(10(2)9-14(3)4)11-7-13-8-12(11)16-5/h10-13H,6-9H2,1-5H3. The van der Waals surface area contributed by atoms with Gasteiger partial charge < -0.3 is 10.2 Å². The molecule has 3 unspecified atom stereocenters. The maximum absolute atomic E-state index is 3.52. The van der Waals surface area contributed by atoms with Crippen molar-refractivity contribution in [1.29, 1.82) is 0 Å². The molecule has 1 saturated heterocycles. The average Bonchev–Trinajstić information content (AvgIpc) is 2.66. The van der Waals surface area contributed by atoms with Crippen LogP contribution in [-0.4, -0.2) is 73.7 Å². The Hall–Kier alpha value is 0.230. The van der Waals surface area contributed by atoms with Gasteiger partial charge in [0.05, 0.1) is 0 Å². The molecule has 4 heteroatoms. The first-order valence-electron chi connectivity index (χ1n) is 6.24. The van der Waals surface area contributed by atoms with E-state index < -0.39 is 0 Å². The molecule has 1 fully saturated rings. The summed E-state index contributed by atoms with van der Waals surface area (Å²) < 4.78 is 0. The third-order valence-electron chi connectivity index (χ3n) is 3.42. The van der Waals surface area contributed by atoms with E-state index in [4.69, 9.17) is 0 Å². The van der Waals surface area contributed by atoms with Crippen LogP contribution in [0.25, 0.3) is 0 Å². The van der Waals surface area contributed by atoms with Gasteiger partial charge in [-0.15, -0.1) is 0 Å². The number of likely N-dealkylation sites (N-methyl/N-ethyl adjacent to an activating group) is 2.